The minimum absolute atomic E-state index is 0.146. The highest BCUT2D eigenvalue weighted by atomic mass is 32.1. The van der Waals surface area contributed by atoms with Crippen molar-refractivity contribution in [1.29, 1.82) is 5.26 Å². The molecule has 1 aromatic carbocycles. The number of rotatable bonds is 2. The van der Waals surface area contributed by atoms with Crippen molar-refractivity contribution in [2.24, 2.45) is 0 Å². The van der Waals surface area contributed by atoms with Gasteiger partial charge in [-0.25, -0.2) is 9.50 Å². The van der Waals surface area contributed by atoms with E-state index < -0.39 is 0 Å². The van der Waals surface area contributed by atoms with Crippen LogP contribution in [0.5, 0.6) is 0 Å². The molecule has 0 saturated carbocycles. The van der Waals surface area contributed by atoms with Crippen molar-refractivity contribution in [3.05, 3.63) is 56.8 Å². The van der Waals surface area contributed by atoms with Gasteiger partial charge in [-0.3, -0.25) is 9.89 Å². The average Bonchev–Trinajstić information content (AvgIpc) is 3.17. The van der Waals surface area contributed by atoms with E-state index in [1.165, 1.54) is 0 Å². The molecule has 2 N–H and O–H groups in total. The van der Waals surface area contributed by atoms with E-state index in [4.69, 9.17) is 0 Å². The molecule has 4 rings (SSSR count). The first-order valence-corrected chi connectivity index (χ1v) is 8.17. The summed E-state index contributed by atoms with van der Waals surface area (Å²) in [5, 5.41) is 16.6. The van der Waals surface area contributed by atoms with Crippen molar-refractivity contribution in [1.82, 2.24) is 14.6 Å². The van der Waals surface area contributed by atoms with Crippen LogP contribution in [-0.4, -0.2) is 14.6 Å². The maximum atomic E-state index is 12.4. The Morgan fingerprint density at radius 3 is 2.96 bits per heavy atom. The number of benzene rings is 1. The fourth-order valence-electron chi connectivity index (χ4n) is 2.81. The highest BCUT2D eigenvalue weighted by molar-refractivity contribution is 7.18. The Kier molecular flexibility index (Phi) is 3.15. The fraction of sp³-hybridized carbons (Fsp3) is 0.118. The third-order valence-corrected chi connectivity index (χ3v) is 4.89. The van der Waals surface area contributed by atoms with Crippen LogP contribution in [0, 0.1) is 25.2 Å². The number of aromatic amines is 1. The van der Waals surface area contributed by atoms with Gasteiger partial charge in [-0.05, 0) is 38.1 Å². The molecule has 0 bridgehead atoms. The number of hydrogen-bond acceptors (Lipinski definition) is 5. The summed E-state index contributed by atoms with van der Waals surface area (Å²) in [7, 11) is 0. The van der Waals surface area contributed by atoms with Crippen LogP contribution >= 0.6 is 11.3 Å². The minimum atomic E-state index is -0.255. The zero-order chi connectivity index (χ0) is 16.8. The molecule has 7 heteroatoms. The van der Waals surface area contributed by atoms with E-state index in [1.54, 1.807) is 35.0 Å². The third-order valence-electron chi connectivity index (χ3n) is 3.96. The van der Waals surface area contributed by atoms with Gasteiger partial charge in [0.2, 0.25) is 5.43 Å². The number of nitriles is 1. The molecule has 0 amide bonds. The number of nitrogens with one attached hydrogen (secondary N) is 2. The first-order valence-electron chi connectivity index (χ1n) is 7.35. The van der Waals surface area contributed by atoms with Gasteiger partial charge in [0.1, 0.15) is 17.5 Å². The molecule has 0 spiro atoms. The van der Waals surface area contributed by atoms with Crippen molar-refractivity contribution in [2.75, 3.05) is 5.32 Å². The molecule has 0 saturated heterocycles. The number of anilines is 2. The maximum absolute atomic E-state index is 12.4. The third kappa shape index (κ3) is 2.08. The second-order valence-electron chi connectivity index (χ2n) is 5.51. The zero-order valence-electron chi connectivity index (χ0n) is 13.0. The summed E-state index contributed by atoms with van der Waals surface area (Å²) in [6.45, 7) is 3.69. The number of aromatic nitrogens is 3. The molecule has 24 heavy (non-hydrogen) atoms. The van der Waals surface area contributed by atoms with Gasteiger partial charge in [0.05, 0.1) is 20.7 Å². The second-order valence-corrected chi connectivity index (χ2v) is 6.75. The molecule has 0 aliphatic rings. The van der Waals surface area contributed by atoms with Crippen molar-refractivity contribution >= 4 is 38.6 Å². The molecule has 0 fully saturated rings. The molecular weight excluding hydrogens is 322 g/mol. The van der Waals surface area contributed by atoms with Gasteiger partial charge >= 0.3 is 0 Å². The average molecular weight is 335 g/mol. The smallest absolute Gasteiger partial charge is 0.205 e. The Balaban J connectivity index is 1.90. The molecule has 118 valence electrons. The summed E-state index contributed by atoms with van der Waals surface area (Å²) in [5.41, 5.74) is 2.77. The molecule has 0 atom stereocenters. The Labute approximate surface area is 141 Å². The van der Waals surface area contributed by atoms with Crippen molar-refractivity contribution in [3.63, 3.8) is 0 Å². The Bertz CT molecular complexity index is 1190. The summed E-state index contributed by atoms with van der Waals surface area (Å²) in [6, 6.07) is 9.61. The lowest BCUT2D eigenvalue weighted by atomic mass is 10.1. The molecule has 0 aliphatic heterocycles. The quantitative estimate of drug-likeness (QED) is 0.587. The van der Waals surface area contributed by atoms with E-state index in [0.29, 0.717) is 16.9 Å². The van der Waals surface area contributed by atoms with Crippen LogP contribution in [0.4, 0.5) is 11.5 Å². The number of H-pyrrole nitrogens is 1. The van der Waals surface area contributed by atoms with E-state index in [1.807, 2.05) is 31.2 Å². The topological polar surface area (TPSA) is 86.0 Å². The van der Waals surface area contributed by atoms with Gasteiger partial charge in [0, 0.05) is 17.4 Å². The molecule has 3 heterocycles. The lowest BCUT2D eigenvalue weighted by molar-refractivity contribution is 0.953. The van der Waals surface area contributed by atoms with E-state index >= 15 is 0 Å². The first-order chi connectivity index (χ1) is 11.6. The van der Waals surface area contributed by atoms with E-state index in [-0.39, 0.29) is 11.0 Å². The summed E-state index contributed by atoms with van der Waals surface area (Å²) in [4.78, 5) is 16.9. The highest BCUT2D eigenvalue weighted by Gasteiger charge is 2.15. The SMILES string of the molecule is Cc1nc2ccc(Nc3c(C)c(=O)c(C#N)c4cc[nH]n34)cc2s1. The zero-order valence-corrected chi connectivity index (χ0v) is 13.9. The van der Waals surface area contributed by atoms with E-state index in [0.717, 1.165) is 20.9 Å². The van der Waals surface area contributed by atoms with Crippen LogP contribution in [0.15, 0.2) is 35.3 Å². The van der Waals surface area contributed by atoms with Gasteiger partial charge in [0.15, 0.2) is 0 Å². The normalized spacial score (nSPS) is 11.0. The number of aryl methyl sites for hydroxylation is 1. The monoisotopic (exact) mass is 335 g/mol. The van der Waals surface area contributed by atoms with E-state index in [9.17, 15) is 10.1 Å². The lowest BCUT2D eigenvalue weighted by Gasteiger charge is -2.12. The van der Waals surface area contributed by atoms with Crippen LogP contribution < -0.4 is 10.7 Å². The molecule has 6 nitrogen and oxygen atoms in total. The minimum Gasteiger partial charge on any atom is -0.340 e. The number of pyridine rings is 1. The number of thiazole rings is 1. The molecule has 4 aromatic rings. The predicted octanol–water partition coefficient (Wildman–Crippen LogP) is 3.47. The van der Waals surface area contributed by atoms with Crippen molar-refractivity contribution < 1.29 is 0 Å². The molecule has 0 aliphatic carbocycles. The molecule has 0 radical (unpaired) electrons. The fourth-order valence-corrected chi connectivity index (χ4v) is 3.67. The van der Waals surface area contributed by atoms with Gasteiger partial charge in [-0.2, -0.15) is 5.26 Å². The van der Waals surface area contributed by atoms with Gasteiger partial charge in [0.25, 0.3) is 0 Å². The maximum Gasteiger partial charge on any atom is 0.205 e. The largest absolute Gasteiger partial charge is 0.340 e. The summed E-state index contributed by atoms with van der Waals surface area (Å²) >= 11 is 1.63. The van der Waals surface area contributed by atoms with Crippen molar-refractivity contribution in [3.8, 4) is 6.07 Å². The van der Waals surface area contributed by atoms with Gasteiger partial charge in [-0.1, -0.05) is 0 Å². The first kappa shape index (κ1) is 14.5. The van der Waals surface area contributed by atoms with Gasteiger partial charge < -0.3 is 5.32 Å². The number of hydrogen-bond donors (Lipinski definition) is 2. The standard InChI is InChI=1S/C17H13N5OS/c1-9-16(23)12(8-18)14-5-6-19-22(14)17(9)21-11-3-4-13-15(7-11)24-10(2)20-13/h3-7,19,21H,1-2H3. The van der Waals surface area contributed by atoms with Crippen molar-refractivity contribution in [2.45, 2.75) is 13.8 Å². The molecule has 3 aromatic heterocycles. The Morgan fingerprint density at radius 1 is 1.33 bits per heavy atom. The van der Waals surface area contributed by atoms with Crippen LogP contribution in [-0.2, 0) is 0 Å². The van der Waals surface area contributed by atoms with Gasteiger partial charge in [-0.15, -0.1) is 11.3 Å². The van der Waals surface area contributed by atoms with Crippen LogP contribution in [0.2, 0.25) is 0 Å². The Morgan fingerprint density at radius 2 is 2.17 bits per heavy atom. The lowest BCUT2D eigenvalue weighted by Crippen LogP contribution is -2.16. The number of nitrogens with zero attached hydrogens (tertiary/aromatic N) is 3. The second kappa shape index (κ2) is 5.22. The molecule has 0 unspecified atom stereocenters. The summed E-state index contributed by atoms with van der Waals surface area (Å²) in [5.74, 6) is 0.625. The predicted molar refractivity (Wildman–Crippen MR) is 95.1 cm³/mol. The van der Waals surface area contributed by atoms with E-state index in [2.05, 4.69) is 15.4 Å². The van der Waals surface area contributed by atoms with Crippen LogP contribution in [0.3, 0.4) is 0 Å². The highest BCUT2D eigenvalue weighted by Crippen LogP contribution is 2.27. The number of fused-ring (bicyclic) bond motifs is 2. The Hall–Kier alpha value is -3.11. The summed E-state index contributed by atoms with van der Waals surface area (Å²) in [6.07, 6.45) is 1.70. The van der Waals surface area contributed by atoms with Crippen LogP contribution in [0.1, 0.15) is 16.1 Å². The summed E-state index contributed by atoms with van der Waals surface area (Å²) < 4.78 is 2.80. The molecular formula is C17H13N5OS. The van der Waals surface area contributed by atoms with Crippen LogP contribution in [0.25, 0.3) is 15.7 Å².